The van der Waals surface area contributed by atoms with E-state index in [2.05, 4.69) is 30.4 Å². The van der Waals surface area contributed by atoms with Gasteiger partial charge in [-0.05, 0) is 31.0 Å². The van der Waals surface area contributed by atoms with Crippen LogP contribution in [0.2, 0.25) is 5.02 Å². The lowest BCUT2D eigenvalue weighted by atomic mass is 10.1. The number of aryl methyl sites for hydroxylation is 1. The van der Waals surface area contributed by atoms with E-state index in [4.69, 9.17) is 11.6 Å². The third-order valence-corrected chi connectivity index (χ3v) is 5.65. The molecule has 1 unspecified atom stereocenters. The van der Waals surface area contributed by atoms with Gasteiger partial charge in [0.2, 0.25) is 11.8 Å². The van der Waals surface area contributed by atoms with Gasteiger partial charge in [0.25, 0.3) is 0 Å². The average molecular weight is 405 g/mol. The van der Waals surface area contributed by atoms with Crippen molar-refractivity contribution in [1.82, 2.24) is 10.2 Å². The van der Waals surface area contributed by atoms with Crippen LogP contribution < -0.4 is 5.32 Å². The third kappa shape index (κ3) is 6.29. The zero-order valence-electron chi connectivity index (χ0n) is 15.9. The van der Waals surface area contributed by atoms with Crippen molar-refractivity contribution in [3.05, 3.63) is 70.2 Å². The van der Waals surface area contributed by atoms with Crippen LogP contribution in [0, 0.1) is 6.92 Å². The second-order valence-electron chi connectivity index (χ2n) is 6.39. The molecule has 0 radical (unpaired) electrons. The Bertz CT molecular complexity index is 797. The van der Waals surface area contributed by atoms with Gasteiger partial charge in [-0.3, -0.25) is 9.59 Å². The molecule has 2 aromatic carbocycles. The SMILES string of the molecule is CNC(=O)C(C)N(Cc1ccccc1Cl)C(=O)CSCc1cccc(C)c1. The van der Waals surface area contributed by atoms with Crippen LogP contribution in [-0.2, 0) is 21.9 Å². The molecule has 0 fully saturated rings. The predicted molar refractivity (Wildman–Crippen MR) is 113 cm³/mol. The van der Waals surface area contributed by atoms with Crippen LogP contribution in [0.4, 0.5) is 0 Å². The Morgan fingerprint density at radius 2 is 1.93 bits per heavy atom. The molecule has 0 aliphatic carbocycles. The van der Waals surface area contributed by atoms with Crippen molar-refractivity contribution in [3.8, 4) is 0 Å². The van der Waals surface area contributed by atoms with Crippen LogP contribution >= 0.6 is 23.4 Å². The van der Waals surface area contributed by atoms with Crippen LogP contribution in [0.1, 0.15) is 23.6 Å². The zero-order chi connectivity index (χ0) is 19.8. The summed E-state index contributed by atoms with van der Waals surface area (Å²) in [6.45, 7) is 4.09. The Kier molecular flexibility index (Phi) is 8.20. The molecule has 0 aliphatic heterocycles. The van der Waals surface area contributed by atoms with Gasteiger partial charge in [-0.15, -0.1) is 11.8 Å². The van der Waals surface area contributed by atoms with Gasteiger partial charge in [0, 0.05) is 24.4 Å². The number of nitrogens with zero attached hydrogens (tertiary/aromatic N) is 1. The van der Waals surface area contributed by atoms with E-state index in [-0.39, 0.29) is 11.8 Å². The minimum Gasteiger partial charge on any atom is -0.357 e. The van der Waals surface area contributed by atoms with E-state index in [0.29, 0.717) is 17.3 Å². The molecule has 4 nitrogen and oxygen atoms in total. The first-order chi connectivity index (χ1) is 12.9. The molecule has 0 bridgehead atoms. The van der Waals surface area contributed by atoms with Crippen molar-refractivity contribution < 1.29 is 9.59 Å². The van der Waals surface area contributed by atoms with Crippen LogP contribution in [0.5, 0.6) is 0 Å². The molecule has 0 aliphatic rings. The average Bonchev–Trinajstić information content (AvgIpc) is 2.66. The van der Waals surface area contributed by atoms with Gasteiger partial charge in [-0.25, -0.2) is 0 Å². The van der Waals surface area contributed by atoms with E-state index in [9.17, 15) is 9.59 Å². The minimum absolute atomic E-state index is 0.0799. The highest BCUT2D eigenvalue weighted by atomic mass is 35.5. The number of benzene rings is 2. The van der Waals surface area contributed by atoms with Gasteiger partial charge in [-0.2, -0.15) is 0 Å². The molecule has 0 aromatic heterocycles. The van der Waals surface area contributed by atoms with E-state index < -0.39 is 6.04 Å². The molecule has 1 N–H and O–H groups in total. The maximum absolute atomic E-state index is 12.9. The fourth-order valence-corrected chi connectivity index (χ4v) is 3.80. The summed E-state index contributed by atoms with van der Waals surface area (Å²) in [6.07, 6.45) is 0. The first-order valence-corrected chi connectivity index (χ1v) is 10.3. The number of likely N-dealkylation sites (N-methyl/N-ethyl adjacent to an activating group) is 1. The fourth-order valence-electron chi connectivity index (χ4n) is 2.74. The first kappa shape index (κ1) is 21.3. The third-order valence-electron chi connectivity index (χ3n) is 4.29. The number of hydrogen-bond acceptors (Lipinski definition) is 3. The van der Waals surface area contributed by atoms with Gasteiger partial charge in [0.1, 0.15) is 6.04 Å². The monoisotopic (exact) mass is 404 g/mol. The van der Waals surface area contributed by atoms with Gasteiger partial charge < -0.3 is 10.2 Å². The van der Waals surface area contributed by atoms with Gasteiger partial charge >= 0.3 is 0 Å². The van der Waals surface area contributed by atoms with Crippen molar-refractivity contribution in [2.24, 2.45) is 0 Å². The molecule has 1 atom stereocenters. The van der Waals surface area contributed by atoms with Gasteiger partial charge in [0.05, 0.1) is 5.75 Å². The number of nitrogens with one attached hydrogen (secondary N) is 1. The standard InChI is InChI=1S/C21H25ClN2O2S/c1-15-7-6-8-17(11-15)13-27-14-20(25)24(16(2)21(26)23-3)12-18-9-4-5-10-19(18)22/h4-11,16H,12-14H2,1-3H3,(H,23,26). The lowest BCUT2D eigenvalue weighted by molar-refractivity contribution is -0.138. The minimum atomic E-state index is -0.571. The molecule has 0 heterocycles. The van der Waals surface area contributed by atoms with Crippen molar-refractivity contribution >= 4 is 35.2 Å². The number of carbonyl (C=O) groups is 2. The number of halogens is 1. The summed E-state index contributed by atoms with van der Waals surface area (Å²) >= 11 is 7.79. The van der Waals surface area contributed by atoms with Crippen LogP contribution in [0.15, 0.2) is 48.5 Å². The molecule has 2 aromatic rings. The quantitative estimate of drug-likeness (QED) is 0.722. The second kappa shape index (κ2) is 10.4. The fraction of sp³-hybridized carbons (Fsp3) is 0.333. The lowest BCUT2D eigenvalue weighted by Gasteiger charge is -2.28. The maximum atomic E-state index is 12.9. The number of rotatable bonds is 8. The first-order valence-electron chi connectivity index (χ1n) is 8.80. The van der Waals surface area contributed by atoms with Gasteiger partial charge in [0.15, 0.2) is 0 Å². The lowest BCUT2D eigenvalue weighted by Crippen LogP contribution is -2.47. The molecular weight excluding hydrogens is 380 g/mol. The summed E-state index contributed by atoms with van der Waals surface area (Å²) in [7, 11) is 1.57. The second-order valence-corrected chi connectivity index (χ2v) is 7.78. The Morgan fingerprint density at radius 1 is 1.19 bits per heavy atom. The summed E-state index contributed by atoms with van der Waals surface area (Å²) in [6, 6.07) is 15.1. The molecule has 2 rings (SSSR count). The van der Waals surface area contributed by atoms with Crippen LogP contribution in [-0.4, -0.2) is 35.6 Å². The Labute approximate surface area is 170 Å². The number of carbonyl (C=O) groups excluding carboxylic acids is 2. The largest absolute Gasteiger partial charge is 0.357 e. The van der Waals surface area contributed by atoms with E-state index in [0.717, 1.165) is 11.3 Å². The highest BCUT2D eigenvalue weighted by Gasteiger charge is 2.25. The molecule has 27 heavy (non-hydrogen) atoms. The molecule has 0 saturated carbocycles. The summed E-state index contributed by atoms with van der Waals surface area (Å²) in [5, 5.41) is 3.21. The normalized spacial score (nSPS) is 11.7. The topological polar surface area (TPSA) is 49.4 Å². The van der Waals surface area contributed by atoms with Crippen molar-refractivity contribution in [3.63, 3.8) is 0 Å². The Morgan fingerprint density at radius 3 is 2.59 bits per heavy atom. The Balaban J connectivity index is 2.06. The molecule has 2 amide bonds. The summed E-state index contributed by atoms with van der Waals surface area (Å²) < 4.78 is 0. The van der Waals surface area contributed by atoms with E-state index >= 15 is 0 Å². The number of thioether (sulfide) groups is 1. The van der Waals surface area contributed by atoms with E-state index in [1.54, 1.807) is 36.7 Å². The number of hydrogen-bond donors (Lipinski definition) is 1. The van der Waals surface area contributed by atoms with E-state index in [1.807, 2.05) is 24.3 Å². The van der Waals surface area contributed by atoms with Crippen molar-refractivity contribution in [1.29, 1.82) is 0 Å². The summed E-state index contributed by atoms with van der Waals surface area (Å²) in [4.78, 5) is 26.6. The highest BCUT2D eigenvalue weighted by molar-refractivity contribution is 7.99. The summed E-state index contributed by atoms with van der Waals surface area (Å²) in [5.41, 5.74) is 3.21. The van der Waals surface area contributed by atoms with Crippen molar-refractivity contribution in [2.45, 2.75) is 32.2 Å². The van der Waals surface area contributed by atoms with Crippen molar-refractivity contribution in [2.75, 3.05) is 12.8 Å². The molecule has 0 saturated heterocycles. The van der Waals surface area contributed by atoms with Crippen LogP contribution in [0.3, 0.4) is 0 Å². The molecule has 0 spiro atoms. The molecule has 144 valence electrons. The maximum Gasteiger partial charge on any atom is 0.242 e. The van der Waals surface area contributed by atoms with E-state index in [1.165, 1.54) is 11.1 Å². The zero-order valence-corrected chi connectivity index (χ0v) is 17.4. The van der Waals surface area contributed by atoms with Crippen LogP contribution in [0.25, 0.3) is 0 Å². The highest BCUT2D eigenvalue weighted by Crippen LogP contribution is 2.20. The predicted octanol–water partition coefficient (Wildman–Crippen LogP) is 4.04. The summed E-state index contributed by atoms with van der Waals surface area (Å²) in [5.74, 6) is 0.782. The van der Waals surface area contributed by atoms with Gasteiger partial charge in [-0.1, -0.05) is 59.6 Å². The number of amides is 2. The molecule has 6 heteroatoms. The Hall–Kier alpha value is -1.98. The smallest absolute Gasteiger partial charge is 0.242 e. The molecular formula is C21H25ClN2O2S.